The number of nitrogens with zero attached hydrogens (tertiary/aromatic N) is 2. The van der Waals surface area contributed by atoms with Gasteiger partial charge in [0.05, 0.1) is 24.2 Å². The number of amides is 1. The summed E-state index contributed by atoms with van der Waals surface area (Å²) in [6.07, 6.45) is 0.459. The second kappa shape index (κ2) is 13.6. The van der Waals surface area contributed by atoms with E-state index < -0.39 is 0 Å². The van der Waals surface area contributed by atoms with Gasteiger partial charge >= 0.3 is 0 Å². The lowest BCUT2D eigenvalue weighted by Crippen LogP contribution is -2.33. The van der Waals surface area contributed by atoms with Crippen LogP contribution in [0.3, 0.4) is 0 Å². The van der Waals surface area contributed by atoms with Crippen LogP contribution in [0.4, 0.5) is 4.39 Å². The van der Waals surface area contributed by atoms with Gasteiger partial charge in [-0.3, -0.25) is 4.79 Å². The second-order valence-corrected chi connectivity index (χ2v) is 8.68. The fourth-order valence-electron chi connectivity index (χ4n) is 4.57. The van der Waals surface area contributed by atoms with E-state index in [1.807, 2.05) is 64.8 Å². The van der Waals surface area contributed by atoms with Crippen molar-refractivity contribution < 1.29 is 23.5 Å². The second-order valence-electron chi connectivity index (χ2n) is 8.68. The van der Waals surface area contributed by atoms with Crippen molar-refractivity contribution in [2.24, 2.45) is 0 Å². The summed E-state index contributed by atoms with van der Waals surface area (Å²) >= 11 is 0. The maximum absolute atomic E-state index is 14.7. The highest BCUT2D eigenvalue weighted by atomic mass is 19.1. The molecule has 0 atom stereocenters. The average molecular weight is 534 g/mol. The Morgan fingerprint density at radius 2 is 1.82 bits per heavy atom. The number of rotatable bonds is 5. The summed E-state index contributed by atoms with van der Waals surface area (Å²) in [5.41, 5.74) is 6.11. The van der Waals surface area contributed by atoms with Crippen LogP contribution in [0, 0.1) is 12.7 Å². The number of ether oxygens (including phenoxy) is 2. The number of aryl methyl sites for hydroxylation is 1. The Bertz CT molecular complexity index is 1430. The molecule has 1 aromatic heterocycles. The molecule has 8 heteroatoms. The summed E-state index contributed by atoms with van der Waals surface area (Å²) in [5, 5.41) is 0. The number of hydrogen-bond donors (Lipinski definition) is 1. The van der Waals surface area contributed by atoms with Gasteiger partial charge in [0, 0.05) is 23.2 Å². The molecule has 0 fully saturated rings. The van der Waals surface area contributed by atoms with Crippen LogP contribution in [0.15, 0.2) is 48.5 Å². The number of carbonyl (C=O) groups is 2. The van der Waals surface area contributed by atoms with E-state index in [1.54, 1.807) is 24.0 Å². The lowest BCUT2D eigenvalue weighted by Gasteiger charge is -2.22. The van der Waals surface area contributed by atoms with Crippen LogP contribution in [-0.4, -0.2) is 47.3 Å². The third-order valence-electron chi connectivity index (χ3n) is 6.42. The molecule has 1 amide bonds. The normalized spacial score (nSPS) is 12.2. The van der Waals surface area contributed by atoms with E-state index in [4.69, 9.17) is 14.3 Å². The van der Waals surface area contributed by atoms with Gasteiger partial charge in [0.1, 0.15) is 25.0 Å². The van der Waals surface area contributed by atoms with Crippen molar-refractivity contribution in [2.75, 3.05) is 19.8 Å². The summed E-state index contributed by atoms with van der Waals surface area (Å²) in [5.74, 6) is 0.287. The third-order valence-corrected chi connectivity index (χ3v) is 6.42. The first kappa shape index (κ1) is 29.4. The molecule has 0 spiro atoms. The van der Waals surface area contributed by atoms with Crippen molar-refractivity contribution in [2.45, 2.75) is 47.6 Å². The minimum Gasteiger partial charge on any atom is -0.491 e. The van der Waals surface area contributed by atoms with E-state index in [-0.39, 0.29) is 11.7 Å². The number of hydrogen-bond acceptors (Lipinski definition) is 5. The van der Waals surface area contributed by atoms with Crippen LogP contribution in [0.1, 0.15) is 54.7 Å². The SMILES string of the molecule is C=O.CC.CCOc1nc2ccc(-c3ccc4c(c3)CN(C(=O)c3ccc(C)c(F)c3CC)CCO4)cc2[nH]1. The Hall–Kier alpha value is -4.20. The predicted molar refractivity (Wildman–Crippen MR) is 152 cm³/mol. The molecule has 39 heavy (non-hydrogen) atoms. The number of imidazole rings is 1. The number of benzene rings is 3. The first-order chi connectivity index (χ1) is 19.0. The highest BCUT2D eigenvalue weighted by molar-refractivity contribution is 5.96. The maximum Gasteiger partial charge on any atom is 0.294 e. The van der Waals surface area contributed by atoms with E-state index in [0.717, 1.165) is 33.5 Å². The minimum absolute atomic E-state index is 0.176. The Kier molecular flexibility index (Phi) is 10.2. The molecule has 1 aliphatic rings. The molecular formula is C31H36FN3O4. The van der Waals surface area contributed by atoms with Crippen molar-refractivity contribution in [3.05, 3.63) is 76.6 Å². The molecule has 7 nitrogen and oxygen atoms in total. The molecule has 0 unspecified atom stereocenters. The Labute approximate surface area is 229 Å². The zero-order valence-corrected chi connectivity index (χ0v) is 23.3. The molecule has 1 N–H and O–H groups in total. The third kappa shape index (κ3) is 6.28. The molecular weight excluding hydrogens is 497 g/mol. The topological polar surface area (TPSA) is 84.5 Å². The molecule has 3 aromatic carbocycles. The van der Waals surface area contributed by atoms with Gasteiger partial charge in [-0.25, -0.2) is 4.39 Å². The summed E-state index contributed by atoms with van der Waals surface area (Å²) < 4.78 is 26.1. The van der Waals surface area contributed by atoms with Gasteiger partial charge < -0.3 is 24.2 Å². The Morgan fingerprint density at radius 3 is 2.54 bits per heavy atom. The van der Waals surface area contributed by atoms with Crippen LogP contribution in [0.25, 0.3) is 22.2 Å². The summed E-state index contributed by atoms with van der Waals surface area (Å²) in [6.45, 7) is 13.3. The van der Waals surface area contributed by atoms with Crippen molar-refractivity contribution in [3.63, 3.8) is 0 Å². The number of aromatic nitrogens is 2. The van der Waals surface area contributed by atoms with Crippen LogP contribution in [0.2, 0.25) is 0 Å². The fraction of sp³-hybridized carbons (Fsp3) is 0.323. The Morgan fingerprint density at radius 1 is 1.10 bits per heavy atom. The van der Waals surface area contributed by atoms with E-state index in [2.05, 4.69) is 16.0 Å². The Balaban J connectivity index is 0.00000100. The van der Waals surface area contributed by atoms with E-state index in [9.17, 15) is 9.18 Å². The van der Waals surface area contributed by atoms with Crippen molar-refractivity contribution >= 4 is 23.7 Å². The van der Waals surface area contributed by atoms with Gasteiger partial charge in [-0.05, 0) is 67.3 Å². The first-order valence-electron chi connectivity index (χ1n) is 13.2. The molecule has 0 saturated heterocycles. The zero-order chi connectivity index (χ0) is 28.5. The number of nitrogens with one attached hydrogen (secondary N) is 1. The smallest absolute Gasteiger partial charge is 0.294 e. The van der Waals surface area contributed by atoms with Gasteiger partial charge in [-0.1, -0.05) is 39.0 Å². The molecule has 0 bridgehead atoms. The van der Waals surface area contributed by atoms with E-state index in [1.165, 1.54) is 0 Å². The standard InChI is InChI=1S/C28H28FN3O3.C2H6.CH2O/c1-4-21-22(9-6-17(3)26(21)29)27(33)32-12-13-35-25-11-8-18(14-20(25)16-32)19-7-10-23-24(15-19)31-28(30-23)34-5-2;2*1-2/h6-11,14-15H,4-5,12-13,16H2,1-3H3,(H,30,31);1-2H3;1H2. The molecule has 0 radical (unpaired) electrons. The minimum atomic E-state index is -0.297. The quantitative estimate of drug-likeness (QED) is 0.316. The van der Waals surface area contributed by atoms with Crippen LogP contribution >= 0.6 is 0 Å². The predicted octanol–water partition coefficient (Wildman–Crippen LogP) is 6.51. The van der Waals surface area contributed by atoms with Gasteiger partial charge in [0.25, 0.3) is 11.9 Å². The molecule has 0 aliphatic carbocycles. The van der Waals surface area contributed by atoms with Crippen molar-refractivity contribution in [1.29, 1.82) is 0 Å². The monoisotopic (exact) mass is 533 g/mol. The summed E-state index contributed by atoms with van der Waals surface area (Å²) in [7, 11) is 0. The average Bonchev–Trinajstić information content (AvgIpc) is 3.25. The van der Waals surface area contributed by atoms with Gasteiger partial charge in [-0.15, -0.1) is 0 Å². The largest absolute Gasteiger partial charge is 0.491 e. The number of carbonyl (C=O) groups excluding carboxylic acids is 2. The first-order valence-corrected chi connectivity index (χ1v) is 13.2. The molecule has 4 aromatic rings. The fourth-order valence-corrected chi connectivity index (χ4v) is 4.57. The molecule has 1 aliphatic heterocycles. The number of H-pyrrole nitrogens is 1. The van der Waals surface area contributed by atoms with Gasteiger partial charge in [0.2, 0.25) is 0 Å². The van der Waals surface area contributed by atoms with E-state index >= 15 is 0 Å². The summed E-state index contributed by atoms with van der Waals surface area (Å²) in [4.78, 5) is 30.8. The molecule has 5 rings (SSSR count). The molecule has 206 valence electrons. The number of fused-ring (bicyclic) bond motifs is 2. The van der Waals surface area contributed by atoms with Crippen LogP contribution in [-0.2, 0) is 17.8 Å². The van der Waals surface area contributed by atoms with Crippen LogP contribution in [0.5, 0.6) is 11.8 Å². The van der Waals surface area contributed by atoms with Gasteiger partial charge in [-0.2, -0.15) is 4.98 Å². The number of aromatic amines is 1. The lowest BCUT2D eigenvalue weighted by atomic mass is 9.99. The van der Waals surface area contributed by atoms with Crippen molar-refractivity contribution in [1.82, 2.24) is 14.9 Å². The number of halogens is 1. The summed E-state index contributed by atoms with van der Waals surface area (Å²) in [6, 6.07) is 15.9. The highest BCUT2D eigenvalue weighted by Gasteiger charge is 2.24. The van der Waals surface area contributed by atoms with Crippen LogP contribution < -0.4 is 9.47 Å². The van der Waals surface area contributed by atoms with E-state index in [0.29, 0.717) is 55.4 Å². The molecule has 0 saturated carbocycles. The van der Waals surface area contributed by atoms with Gasteiger partial charge in [0.15, 0.2) is 0 Å². The highest BCUT2D eigenvalue weighted by Crippen LogP contribution is 2.32. The lowest BCUT2D eigenvalue weighted by molar-refractivity contribution is -0.0980. The maximum atomic E-state index is 14.7. The zero-order valence-electron chi connectivity index (χ0n) is 23.3. The van der Waals surface area contributed by atoms with Crippen molar-refractivity contribution in [3.8, 4) is 22.9 Å². The molecule has 2 heterocycles.